The van der Waals surface area contributed by atoms with Gasteiger partial charge in [0.2, 0.25) is 6.67 Å². The van der Waals surface area contributed by atoms with Gasteiger partial charge in [-0.25, -0.2) is 0 Å². The van der Waals surface area contributed by atoms with Gasteiger partial charge < -0.3 is 9.80 Å². The zero-order chi connectivity index (χ0) is 19.1. The van der Waals surface area contributed by atoms with Crippen LogP contribution in [0, 0.1) is 41.3 Å². The Morgan fingerprint density at radius 1 is 0.630 bits per heavy atom. The van der Waals surface area contributed by atoms with Gasteiger partial charge in [-0.3, -0.25) is 0 Å². The minimum Gasteiger partial charge on any atom is -0.335 e. The number of para-hydroxylation sites is 3. The molecular weight excluding hydrogens is 328 g/mol. The van der Waals surface area contributed by atoms with Crippen molar-refractivity contribution in [3.05, 3.63) is 94.6 Å². The highest BCUT2D eigenvalue weighted by Gasteiger charge is 2.29. The van der Waals surface area contributed by atoms with Crippen LogP contribution in [-0.4, -0.2) is 0 Å². The van der Waals surface area contributed by atoms with Crippen molar-refractivity contribution in [3.8, 4) is 0 Å². The lowest BCUT2D eigenvalue weighted by atomic mass is 9.89. The van der Waals surface area contributed by atoms with Crippen LogP contribution in [0.5, 0.6) is 0 Å². The molecule has 0 N–H and O–H groups in total. The summed E-state index contributed by atoms with van der Waals surface area (Å²) in [5.74, 6) is 0. The van der Waals surface area contributed by atoms with Crippen molar-refractivity contribution in [1.82, 2.24) is 0 Å². The first-order chi connectivity index (χ1) is 13.0. The summed E-state index contributed by atoms with van der Waals surface area (Å²) in [6, 6.07) is 19.0. The minimum absolute atomic E-state index is 0.833. The maximum atomic E-state index is 3.60. The third-order valence-electron chi connectivity index (χ3n) is 6.12. The van der Waals surface area contributed by atoms with E-state index in [1.165, 1.54) is 44.8 Å². The van der Waals surface area contributed by atoms with Gasteiger partial charge in [-0.15, -0.1) is 0 Å². The minimum atomic E-state index is 0.833. The molecular formula is C25H26N2. The van der Waals surface area contributed by atoms with Crippen molar-refractivity contribution < 1.29 is 0 Å². The first-order valence-corrected chi connectivity index (χ1v) is 9.53. The largest absolute Gasteiger partial charge is 0.335 e. The van der Waals surface area contributed by atoms with E-state index >= 15 is 0 Å². The van der Waals surface area contributed by atoms with Crippen LogP contribution in [0.3, 0.4) is 0 Å². The fourth-order valence-electron chi connectivity index (χ4n) is 3.98. The van der Waals surface area contributed by atoms with Crippen molar-refractivity contribution in [2.24, 2.45) is 0 Å². The molecule has 0 spiro atoms. The first kappa shape index (κ1) is 17.7. The number of hydrogen-bond acceptors (Lipinski definition) is 2. The summed E-state index contributed by atoms with van der Waals surface area (Å²) in [7, 11) is 0. The van der Waals surface area contributed by atoms with Crippen LogP contribution >= 0.6 is 0 Å². The highest BCUT2D eigenvalue weighted by atomic mass is 15.4. The molecule has 2 heteroatoms. The molecule has 2 nitrogen and oxygen atoms in total. The van der Waals surface area contributed by atoms with Gasteiger partial charge in [-0.2, -0.15) is 0 Å². The molecule has 0 atom stereocenters. The molecule has 27 heavy (non-hydrogen) atoms. The Morgan fingerprint density at radius 3 is 1.78 bits per heavy atom. The molecule has 3 aromatic rings. The summed E-state index contributed by atoms with van der Waals surface area (Å²) in [5.41, 5.74) is 11.9. The quantitative estimate of drug-likeness (QED) is 0.538. The number of nitrogens with zero attached hydrogens (tertiary/aromatic N) is 2. The molecule has 0 fully saturated rings. The molecule has 1 aliphatic heterocycles. The standard InChI is InChI=1S/C25H26N2/c1-17-18(2)20(4)23(21(5)19(17)3)15-26-16-27(22-11-7-6-8-12-22)25-14-10-9-13-24(25)26/h6-14H,15H2,1-5H3. The summed E-state index contributed by atoms with van der Waals surface area (Å²) in [6.07, 6.45) is 0. The summed E-state index contributed by atoms with van der Waals surface area (Å²) >= 11 is 0. The van der Waals surface area contributed by atoms with Crippen molar-refractivity contribution in [3.63, 3.8) is 0 Å². The Bertz CT molecular complexity index is 960. The monoisotopic (exact) mass is 354 g/mol. The maximum absolute atomic E-state index is 3.60. The normalized spacial score (nSPS) is 13.2. The van der Waals surface area contributed by atoms with E-state index in [1.54, 1.807) is 0 Å². The van der Waals surface area contributed by atoms with E-state index in [4.69, 9.17) is 0 Å². The third kappa shape index (κ3) is 2.90. The lowest BCUT2D eigenvalue weighted by molar-refractivity contribution is 0.892. The average Bonchev–Trinajstić information content (AvgIpc) is 3.07. The van der Waals surface area contributed by atoms with Crippen molar-refractivity contribution >= 4 is 17.1 Å². The molecule has 1 aliphatic rings. The molecule has 0 bridgehead atoms. The first-order valence-electron chi connectivity index (χ1n) is 9.53. The fourth-order valence-corrected chi connectivity index (χ4v) is 3.98. The second-order valence-electron chi connectivity index (χ2n) is 7.45. The van der Waals surface area contributed by atoms with E-state index in [2.05, 4.69) is 99.6 Å². The number of anilines is 3. The molecule has 136 valence electrons. The summed E-state index contributed by atoms with van der Waals surface area (Å²) in [5, 5.41) is 0. The van der Waals surface area contributed by atoms with Gasteiger partial charge in [0.25, 0.3) is 0 Å². The van der Waals surface area contributed by atoms with E-state index in [-0.39, 0.29) is 0 Å². The molecule has 0 saturated heterocycles. The van der Waals surface area contributed by atoms with Crippen LogP contribution < -0.4 is 9.80 Å². The predicted molar refractivity (Wildman–Crippen MR) is 115 cm³/mol. The summed E-state index contributed by atoms with van der Waals surface area (Å²) in [4.78, 5) is 4.42. The Hall–Kier alpha value is -2.74. The van der Waals surface area contributed by atoms with Crippen LogP contribution in [-0.2, 0) is 6.54 Å². The molecule has 0 amide bonds. The Kier molecular flexibility index (Phi) is 4.43. The number of fused-ring (bicyclic) bond motifs is 1. The maximum Gasteiger partial charge on any atom is 0.214 e. The zero-order valence-electron chi connectivity index (χ0n) is 16.8. The lowest BCUT2D eigenvalue weighted by Crippen LogP contribution is -2.23. The molecule has 3 aromatic carbocycles. The van der Waals surface area contributed by atoms with Crippen molar-refractivity contribution in [1.29, 1.82) is 0 Å². The highest BCUT2D eigenvalue weighted by molar-refractivity contribution is 5.84. The second-order valence-corrected chi connectivity index (χ2v) is 7.45. The van der Waals surface area contributed by atoms with Crippen molar-refractivity contribution in [2.45, 2.75) is 41.2 Å². The van der Waals surface area contributed by atoms with Gasteiger partial charge in [0.15, 0.2) is 0 Å². The van der Waals surface area contributed by atoms with Crippen molar-refractivity contribution in [2.75, 3.05) is 9.80 Å². The number of benzene rings is 3. The van der Waals surface area contributed by atoms with Gasteiger partial charge in [-0.1, -0.05) is 30.3 Å². The predicted octanol–water partition coefficient (Wildman–Crippen LogP) is 6.38. The summed E-state index contributed by atoms with van der Waals surface area (Å²) < 4.78 is 0. The molecule has 0 aliphatic carbocycles. The number of rotatable bonds is 3. The molecule has 0 saturated carbocycles. The van der Waals surface area contributed by atoms with Crippen LogP contribution in [0.25, 0.3) is 0 Å². The van der Waals surface area contributed by atoms with E-state index in [9.17, 15) is 0 Å². The van der Waals surface area contributed by atoms with E-state index in [1.807, 2.05) is 6.07 Å². The molecule has 1 heterocycles. The SMILES string of the molecule is Cc1c(C)c(C)c(CN2[C]N(c3ccccc3)c3ccccc32)c(C)c1C. The summed E-state index contributed by atoms with van der Waals surface area (Å²) in [6.45, 7) is 15.6. The molecule has 0 unspecified atom stereocenters. The zero-order valence-corrected chi connectivity index (χ0v) is 16.8. The van der Waals surface area contributed by atoms with Gasteiger partial charge in [-0.05, 0) is 92.3 Å². The van der Waals surface area contributed by atoms with Crippen LogP contribution in [0.2, 0.25) is 0 Å². The topological polar surface area (TPSA) is 6.48 Å². The smallest absolute Gasteiger partial charge is 0.214 e. The van der Waals surface area contributed by atoms with Crippen LogP contribution in [0.4, 0.5) is 17.1 Å². The fraction of sp³-hybridized carbons (Fsp3) is 0.240. The third-order valence-corrected chi connectivity index (χ3v) is 6.12. The highest BCUT2D eigenvalue weighted by Crippen LogP contribution is 2.43. The lowest BCUT2D eigenvalue weighted by Gasteiger charge is -2.24. The van der Waals surface area contributed by atoms with E-state index in [0.717, 1.165) is 12.2 Å². The second kappa shape index (κ2) is 6.77. The Morgan fingerprint density at radius 2 is 1.15 bits per heavy atom. The Labute approximate surface area is 163 Å². The van der Waals surface area contributed by atoms with Crippen LogP contribution in [0.15, 0.2) is 54.6 Å². The molecule has 4 rings (SSSR count). The average molecular weight is 354 g/mol. The van der Waals surface area contributed by atoms with Gasteiger partial charge >= 0.3 is 0 Å². The molecule has 0 aromatic heterocycles. The van der Waals surface area contributed by atoms with Gasteiger partial charge in [0.05, 0.1) is 11.4 Å². The molecule has 2 radical (unpaired) electrons. The number of hydrogen-bond donors (Lipinski definition) is 0. The van der Waals surface area contributed by atoms with E-state index < -0.39 is 0 Å². The van der Waals surface area contributed by atoms with E-state index in [0.29, 0.717) is 0 Å². The van der Waals surface area contributed by atoms with Gasteiger partial charge in [0, 0.05) is 12.2 Å². The van der Waals surface area contributed by atoms with Gasteiger partial charge in [0.1, 0.15) is 0 Å². The van der Waals surface area contributed by atoms with Crippen LogP contribution in [0.1, 0.15) is 33.4 Å². The Balaban J connectivity index is 1.75.